The molecule has 42 valence electrons. The van der Waals surface area contributed by atoms with Gasteiger partial charge < -0.3 is 25.3 Å². The number of nitro groups is 1. The standard InChI is InChI=1S/C2H5NO2S2.2K/c4-3(5)1-2(6)7;;/h2,6-7H,1H2;;/q;2*+1/p-2. The summed E-state index contributed by atoms with van der Waals surface area (Å²) in [6, 6.07) is 0. The number of hydrogen-bond donors (Lipinski definition) is 0. The molecule has 0 aliphatic rings. The predicted molar refractivity (Wildman–Crippen MR) is 30.4 cm³/mol. The summed E-state index contributed by atoms with van der Waals surface area (Å²) in [7, 11) is 0. The second-order valence-electron chi connectivity index (χ2n) is 0.945. The molecule has 0 amide bonds. The third kappa shape index (κ3) is 18.4. The van der Waals surface area contributed by atoms with E-state index in [1.165, 1.54) is 0 Å². The Morgan fingerprint density at radius 2 is 1.78 bits per heavy atom. The second-order valence-corrected chi connectivity index (χ2v) is 2.38. The van der Waals surface area contributed by atoms with Crippen LogP contribution in [0.15, 0.2) is 0 Å². The van der Waals surface area contributed by atoms with Crippen LogP contribution in [0.1, 0.15) is 0 Å². The Labute approximate surface area is 150 Å². The van der Waals surface area contributed by atoms with Gasteiger partial charge >= 0.3 is 103 Å². The molecule has 0 rings (SSSR count). The summed E-state index contributed by atoms with van der Waals surface area (Å²) in [5.74, 6) is 0. The van der Waals surface area contributed by atoms with Gasteiger partial charge in [0, 0.05) is 4.92 Å². The molecule has 0 N–H and O–H groups in total. The molecule has 0 saturated heterocycles. The molecule has 0 unspecified atom stereocenters. The first-order valence-electron chi connectivity index (χ1n) is 1.56. The van der Waals surface area contributed by atoms with E-state index in [1.807, 2.05) is 0 Å². The van der Waals surface area contributed by atoms with Gasteiger partial charge in [-0.25, -0.2) is 4.58 Å². The number of nitrogens with zero attached hydrogens (tertiary/aromatic N) is 1. The molecule has 0 fully saturated rings. The molecule has 0 aromatic rings. The Balaban J connectivity index is -0.000000180. The molecule has 0 aromatic heterocycles. The van der Waals surface area contributed by atoms with Crippen LogP contribution in [0.5, 0.6) is 0 Å². The van der Waals surface area contributed by atoms with Gasteiger partial charge in [-0.15, -0.1) is 0 Å². The zero-order valence-electron chi connectivity index (χ0n) is 5.36. The molecule has 3 nitrogen and oxygen atoms in total. The molecule has 0 atom stereocenters. The Morgan fingerprint density at radius 3 is 1.78 bits per heavy atom. The van der Waals surface area contributed by atoms with Crippen LogP contribution in [0.4, 0.5) is 0 Å². The third-order valence-corrected chi connectivity index (χ3v) is 0.596. The summed E-state index contributed by atoms with van der Waals surface area (Å²) in [4.78, 5) is 8.97. The van der Waals surface area contributed by atoms with Crippen molar-refractivity contribution in [3.05, 3.63) is 10.1 Å². The van der Waals surface area contributed by atoms with Crippen LogP contribution in [0, 0.1) is 10.1 Å². The van der Waals surface area contributed by atoms with E-state index in [2.05, 4.69) is 25.3 Å². The Morgan fingerprint density at radius 1 is 1.44 bits per heavy atom. The van der Waals surface area contributed by atoms with Crippen LogP contribution >= 0.6 is 0 Å². The maximum Gasteiger partial charge on any atom is 1.00 e. The maximum absolute atomic E-state index is 9.48. The minimum absolute atomic E-state index is 0. The molecule has 0 heterocycles. The van der Waals surface area contributed by atoms with Crippen molar-refractivity contribution >= 4 is 25.3 Å². The SMILES string of the molecule is O=[N+]([O-])CC([S-])[S-].[K+].[K+]. The number of hydrogen-bond acceptors (Lipinski definition) is 4. The van der Waals surface area contributed by atoms with Crippen molar-refractivity contribution in [2.24, 2.45) is 0 Å². The first kappa shape index (κ1) is 18.2. The molecular weight excluding hydrogens is 212 g/mol. The zero-order chi connectivity index (χ0) is 5.86. The summed E-state index contributed by atoms with van der Waals surface area (Å²) in [5.41, 5.74) is 0. The van der Waals surface area contributed by atoms with E-state index in [4.69, 9.17) is 0 Å². The average Bonchev–Trinajstić information content (AvgIpc) is 1.27. The third-order valence-electron chi connectivity index (χ3n) is 0.298. The van der Waals surface area contributed by atoms with Gasteiger partial charge in [0.2, 0.25) is 0 Å². The molecular formula is C2H3K2NO2S2. The van der Waals surface area contributed by atoms with E-state index in [-0.39, 0.29) is 109 Å². The van der Waals surface area contributed by atoms with Crippen LogP contribution in [0.25, 0.3) is 0 Å². The van der Waals surface area contributed by atoms with Crippen LogP contribution in [-0.2, 0) is 25.3 Å². The molecule has 0 aliphatic carbocycles. The molecule has 0 radical (unpaired) electrons. The molecule has 9 heavy (non-hydrogen) atoms. The molecule has 0 aliphatic heterocycles. The van der Waals surface area contributed by atoms with Gasteiger partial charge in [-0.05, 0) is 0 Å². The van der Waals surface area contributed by atoms with Crippen LogP contribution < -0.4 is 103 Å². The van der Waals surface area contributed by atoms with E-state index in [0.29, 0.717) is 0 Å². The van der Waals surface area contributed by atoms with Crippen molar-refractivity contribution in [2.45, 2.75) is 4.58 Å². The van der Waals surface area contributed by atoms with Gasteiger partial charge in [0.25, 0.3) is 0 Å². The van der Waals surface area contributed by atoms with Crippen molar-refractivity contribution in [3.8, 4) is 0 Å². The summed E-state index contributed by atoms with van der Waals surface area (Å²) in [6.07, 6.45) is 0. The molecule has 0 spiro atoms. The van der Waals surface area contributed by atoms with Crippen LogP contribution in [0.2, 0.25) is 0 Å². The largest absolute Gasteiger partial charge is 1.00 e. The summed E-state index contributed by atoms with van der Waals surface area (Å²) in [6.45, 7) is -0.287. The fraction of sp³-hybridized carbons (Fsp3) is 1.00. The van der Waals surface area contributed by atoms with Crippen LogP contribution in [0.3, 0.4) is 0 Å². The topological polar surface area (TPSA) is 43.1 Å². The Kier molecular flexibility index (Phi) is 23.0. The maximum atomic E-state index is 9.48. The van der Waals surface area contributed by atoms with E-state index in [0.717, 1.165) is 0 Å². The Hall–Kier alpha value is 3.37. The fourth-order valence-electron chi connectivity index (χ4n) is 0.122. The second kappa shape index (κ2) is 11.4. The minimum Gasteiger partial charge on any atom is -0.809 e. The van der Waals surface area contributed by atoms with Crippen molar-refractivity contribution in [1.82, 2.24) is 0 Å². The Bertz CT molecular complexity index is 81.0. The van der Waals surface area contributed by atoms with Gasteiger partial charge in [0.05, 0.1) is 0 Å². The van der Waals surface area contributed by atoms with E-state index in [1.54, 1.807) is 0 Å². The van der Waals surface area contributed by atoms with Crippen molar-refractivity contribution in [1.29, 1.82) is 0 Å². The zero-order valence-corrected chi connectivity index (χ0v) is 13.2. The van der Waals surface area contributed by atoms with Crippen molar-refractivity contribution < 1.29 is 108 Å². The van der Waals surface area contributed by atoms with Crippen molar-refractivity contribution in [2.75, 3.05) is 6.54 Å². The van der Waals surface area contributed by atoms with E-state index >= 15 is 0 Å². The predicted octanol–water partition coefficient (Wildman–Crippen LogP) is -6.31. The van der Waals surface area contributed by atoms with Crippen LogP contribution in [-0.4, -0.2) is 16.1 Å². The summed E-state index contributed by atoms with van der Waals surface area (Å²) in [5, 5.41) is 9.48. The minimum atomic E-state index is -0.657. The van der Waals surface area contributed by atoms with Gasteiger partial charge in [0.15, 0.2) is 6.54 Å². The molecule has 0 bridgehead atoms. The van der Waals surface area contributed by atoms with Gasteiger partial charge in [-0.1, -0.05) is 0 Å². The fourth-order valence-corrected chi connectivity index (χ4v) is 0.365. The first-order valence-corrected chi connectivity index (χ1v) is 2.50. The normalized spacial score (nSPS) is 7.44. The smallest absolute Gasteiger partial charge is 0.809 e. The van der Waals surface area contributed by atoms with Gasteiger partial charge in [-0.2, -0.15) is 0 Å². The van der Waals surface area contributed by atoms with Gasteiger partial charge in [0.1, 0.15) is 0 Å². The van der Waals surface area contributed by atoms with E-state index in [9.17, 15) is 10.1 Å². The summed E-state index contributed by atoms with van der Waals surface area (Å²) >= 11 is 8.66. The average molecular weight is 215 g/mol. The monoisotopic (exact) mass is 215 g/mol. The first-order chi connectivity index (χ1) is 3.13. The quantitative estimate of drug-likeness (QED) is 0.199. The number of rotatable bonds is 2. The molecule has 7 heteroatoms. The van der Waals surface area contributed by atoms with E-state index < -0.39 is 9.51 Å². The van der Waals surface area contributed by atoms with Crippen molar-refractivity contribution in [3.63, 3.8) is 0 Å². The molecule has 0 saturated carbocycles. The summed E-state index contributed by atoms with van der Waals surface area (Å²) < 4.78 is -0.657. The van der Waals surface area contributed by atoms with Gasteiger partial charge in [-0.3, -0.25) is 10.1 Å². The molecule has 0 aromatic carbocycles.